The average molecular weight is 430 g/mol. The molecule has 2 fully saturated rings. The normalized spacial score (nSPS) is 23.8. The number of primary amides is 1. The number of hydrogen-bond donors (Lipinski definition) is 2. The number of hydrogen-bond acceptors (Lipinski definition) is 6. The largest absolute Gasteiger partial charge is 0.474 e. The number of carbonyl (C=O) groups excluding carboxylic acids is 2. The van der Waals surface area contributed by atoms with Crippen molar-refractivity contribution in [3.05, 3.63) is 53.2 Å². The molecule has 162 valence electrons. The van der Waals surface area contributed by atoms with Gasteiger partial charge in [-0.25, -0.2) is 0 Å². The topological polar surface area (TPSA) is 136 Å². The molecule has 9 nitrogen and oxygen atoms in total. The molecule has 0 bridgehead atoms. The molecule has 2 aromatic heterocycles. The summed E-state index contributed by atoms with van der Waals surface area (Å²) in [7, 11) is 1.78. The van der Waals surface area contributed by atoms with Crippen LogP contribution in [0.4, 0.5) is 0 Å². The van der Waals surface area contributed by atoms with Crippen LogP contribution in [0, 0.1) is 16.7 Å². The van der Waals surface area contributed by atoms with Crippen molar-refractivity contribution < 1.29 is 14.3 Å². The van der Waals surface area contributed by atoms with Crippen LogP contribution in [-0.4, -0.2) is 38.7 Å². The Morgan fingerprint density at radius 3 is 2.78 bits per heavy atom. The SMILES string of the molecule is Cn1ncc2cc(C(N)=O)c(OC3CC4(CC(NC(=O)c5cccc(C#N)c5)C4)C3)nc21. The van der Waals surface area contributed by atoms with Crippen LogP contribution in [0.25, 0.3) is 11.0 Å². The molecule has 2 amide bonds. The third-order valence-corrected chi connectivity index (χ3v) is 6.49. The van der Waals surface area contributed by atoms with E-state index in [1.54, 1.807) is 48.3 Å². The molecule has 2 aliphatic carbocycles. The fourth-order valence-electron chi connectivity index (χ4n) is 4.89. The van der Waals surface area contributed by atoms with Crippen molar-refractivity contribution in [2.75, 3.05) is 0 Å². The second-order valence-corrected chi connectivity index (χ2v) is 8.81. The number of amides is 2. The molecule has 9 heteroatoms. The number of ether oxygens (including phenoxy) is 1. The van der Waals surface area contributed by atoms with Crippen molar-refractivity contribution in [2.24, 2.45) is 18.2 Å². The first-order valence-electron chi connectivity index (χ1n) is 10.5. The first-order valence-corrected chi connectivity index (χ1v) is 10.5. The van der Waals surface area contributed by atoms with Crippen LogP contribution in [0.5, 0.6) is 5.88 Å². The highest BCUT2D eigenvalue weighted by Crippen LogP contribution is 2.56. The van der Waals surface area contributed by atoms with Gasteiger partial charge in [0.25, 0.3) is 11.8 Å². The second kappa shape index (κ2) is 7.34. The van der Waals surface area contributed by atoms with Crippen LogP contribution < -0.4 is 15.8 Å². The molecule has 1 spiro atoms. The van der Waals surface area contributed by atoms with Gasteiger partial charge in [-0.05, 0) is 55.4 Å². The number of aryl methyl sites for hydroxylation is 1. The van der Waals surface area contributed by atoms with Crippen molar-refractivity contribution in [2.45, 2.75) is 37.8 Å². The molecule has 0 unspecified atom stereocenters. The Bertz CT molecular complexity index is 1280. The van der Waals surface area contributed by atoms with Crippen molar-refractivity contribution in [1.29, 1.82) is 5.26 Å². The lowest BCUT2D eigenvalue weighted by atomic mass is 9.53. The van der Waals surface area contributed by atoms with Gasteiger partial charge in [-0.1, -0.05) is 6.07 Å². The lowest BCUT2D eigenvalue weighted by Crippen LogP contribution is -2.58. The van der Waals surface area contributed by atoms with E-state index in [1.165, 1.54) is 0 Å². The molecule has 2 saturated carbocycles. The summed E-state index contributed by atoms with van der Waals surface area (Å²) in [6.45, 7) is 0. The summed E-state index contributed by atoms with van der Waals surface area (Å²) >= 11 is 0. The Morgan fingerprint density at radius 2 is 2.06 bits per heavy atom. The predicted octanol–water partition coefficient (Wildman–Crippen LogP) is 2.06. The highest BCUT2D eigenvalue weighted by atomic mass is 16.5. The zero-order chi connectivity index (χ0) is 22.5. The number of pyridine rings is 1. The summed E-state index contributed by atoms with van der Waals surface area (Å²) in [6, 6.07) is 10.5. The first kappa shape index (κ1) is 20.0. The van der Waals surface area contributed by atoms with Gasteiger partial charge in [0, 0.05) is 24.0 Å². The van der Waals surface area contributed by atoms with Gasteiger partial charge < -0.3 is 15.8 Å². The molecule has 0 atom stereocenters. The zero-order valence-electron chi connectivity index (χ0n) is 17.5. The number of nitrogens with one attached hydrogen (secondary N) is 1. The Balaban J connectivity index is 1.18. The molecule has 1 aromatic carbocycles. The molecule has 2 aliphatic rings. The number of benzene rings is 1. The van der Waals surface area contributed by atoms with Gasteiger partial charge in [0.1, 0.15) is 11.7 Å². The van der Waals surface area contributed by atoms with Gasteiger partial charge in [0.2, 0.25) is 5.88 Å². The summed E-state index contributed by atoms with van der Waals surface area (Å²) in [4.78, 5) is 28.8. The van der Waals surface area contributed by atoms with E-state index in [2.05, 4.69) is 15.4 Å². The maximum atomic E-state index is 12.4. The first-order chi connectivity index (χ1) is 15.4. The molecular formula is C23H22N6O3. The van der Waals surface area contributed by atoms with Crippen molar-refractivity contribution >= 4 is 22.8 Å². The predicted molar refractivity (Wildman–Crippen MR) is 115 cm³/mol. The molecule has 0 saturated heterocycles. The van der Waals surface area contributed by atoms with E-state index in [4.69, 9.17) is 15.7 Å². The maximum Gasteiger partial charge on any atom is 0.254 e. The van der Waals surface area contributed by atoms with E-state index in [9.17, 15) is 9.59 Å². The van der Waals surface area contributed by atoms with Crippen LogP contribution in [-0.2, 0) is 7.05 Å². The number of rotatable bonds is 5. The lowest BCUT2D eigenvalue weighted by molar-refractivity contribution is -0.0847. The molecule has 3 aromatic rings. The Kier molecular flexibility index (Phi) is 4.59. The smallest absolute Gasteiger partial charge is 0.254 e. The van der Waals surface area contributed by atoms with Gasteiger partial charge in [-0.2, -0.15) is 15.3 Å². The molecular weight excluding hydrogens is 408 g/mol. The highest BCUT2D eigenvalue weighted by Gasteiger charge is 2.54. The number of carbonyl (C=O) groups is 2. The van der Waals surface area contributed by atoms with Crippen LogP contribution in [0.15, 0.2) is 36.5 Å². The number of nitriles is 1. The van der Waals surface area contributed by atoms with E-state index >= 15 is 0 Å². The van der Waals surface area contributed by atoms with Crippen molar-refractivity contribution in [3.8, 4) is 11.9 Å². The third-order valence-electron chi connectivity index (χ3n) is 6.49. The van der Waals surface area contributed by atoms with E-state index in [-0.39, 0.29) is 34.9 Å². The quantitative estimate of drug-likeness (QED) is 0.636. The minimum absolute atomic E-state index is 0.0461. The minimum Gasteiger partial charge on any atom is -0.474 e. The van der Waals surface area contributed by atoms with Gasteiger partial charge in [-0.15, -0.1) is 0 Å². The third kappa shape index (κ3) is 3.43. The summed E-state index contributed by atoms with van der Waals surface area (Å²) in [5, 5.41) is 16.9. The minimum atomic E-state index is -0.584. The Labute approximate surface area is 184 Å². The number of fused-ring (bicyclic) bond motifs is 1. The molecule has 5 rings (SSSR count). The van der Waals surface area contributed by atoms with Crippen LogP contribution in [0.3, 0.4) is 0 Å². The fraction of sp³-hybridized carbons (Fsp3) is 0.348. The Morgan fingerprint density at radius 1 is 1.28 bits per heavy atom. The summed E-state index contributed by atoms with van der Waals surface area (Å²) in [5.74, 6) is -0.497. The Hall–Kier alpha value is -3.93. The maximum absolute atomic E-state index is 12.4. The molecule has 32 heavy (non-hydrogen) atoms. The summed E-state index contributed by atoms with van der Waals surface area (Å²) < 4.78 is 7.67. The van der Waals surface area contributed by atoms with E-state index < -0.39 is 5.91 Å². The van der Waals surface area contributed by atoms with Crippen LogP contribution >= 0.6 is 0 Å². The monoisotopic (exact) mass is 430 g/mol. The van der Waals surface area contributed by atoms with Gasteiger partial charge in [0.15, 0.2) is 5.65 Å². The number of nitrogens with zero attached hydrogens (tertiary/aromatic N) is 4. The molecule has 0 radical (unpaired) electrons. The molecule has 3 N–H and O–H groups in total. The van der Waals surface area contributed by atoms with E-state index in [0.717, 1.165) is 31.1 Å². The number of nitrogens with two attached hydrogens (primary N) is 1. The van der Waals surface area contributed by atoms with Gasteiger partial charge in [0.05, 0.1) is 17.8 Å². The van der Waals surface area contributed by atoms with Crippen LogP contribution in [0.1, 0.15) is 52.0 Å². The van der Waals surface area contributed by atoms with Gasteiger partial charge in [-0.3, -0.25) is 14.3 Å². The van der Waals surface area contributed by atoms with Crippen LogP contribution in [0.2, 0.25) is 0 Å². The zero-order valence-corrected chi connectivity index (χ0v) is 17.5. The summed E-state index contributed by atoms with van der Waals surface area (Å²) in [6.07, 6.45) is 5.03. The summed E-state index contributed by atoms with van der Waals surface area (Å²) in [5.41, 5.74) is 7.53. The van der Waals surface area contributed by atoms with Gasteiger partial charge >= 0.3 is 0 Å². The van der Waals surface area contributed by atoms with Crippen molar-refractivity contribution in [1.82, 2.24) is 20.1 Å². The lowest BCUT2D eigenvalue weighted by Gasteiger charge is -2.57. The van der Waals surface area contributed by atoms with Crippen molar-refractivity contribution in [3.63, 3.8) is 0 Å². The number of aromatic nitrogens is 3. The standard InChI is InChI=1S/C23H22N6O3/c1-29-20-15(12-26-29)6-18(19(25)30)22(28-20)32-17-9-23(10-17)7-16(8-23)27-21(31)14-4-2-3-13(5-14)11-24/h2-6,12,16-17H,7-10H2,1H3,(H2,25,30)(H,27,31). The molecule has 0 aliphatic heterocycles. The molecule has 2 heterocycles. The second-order valence-electron chi connectivity index (χ2n) is 8.81. The fourth-order valence-corrected chi connectivity index (χ4v) is 4.89. The van der Waals surface area contributed by atoms with E-state index in [1.807, 2.05) is 6.07 Å². The van der Waals surface area contributed by atoms with E-state index in [0.29, 0.717) is 16.8 Å². The average Bonchev–Trinajstić information content (AvgIpc) is 3.09. The highest BCUT2D eigenvalue weighted by molar-refractivity contribution is 5.98.